The highest BCUT2D eigenvalue weighted by Crippen LogP contribution is 1.69. The minimum absolute atomic E-state index is 0.0338. The maximum atomic E-state index is 8.19. The molecule has 0 unspecified atom stereocenters. The lowest BCUT2D eigenvalue weighted by atomic mass is 11.2. The van der Waals surface area contributed by atoms with Crippen molar-refractivity contribution in [2.45, 2.75) is 0 Å². The summed E-state index contributed by atoms with van der Waals surface area (Å²) < 4.78 is 4.38. The van der Waals surface area contributed by atoms with Gasteiger partial charge in [-0.3, -0.25) is 5.73 Å². The van der Waals surface area contributed by atoms with Crippen molar-refractivity contribution in [3.8, 4) is 0 Å². The first-order chi connectivity index (χ1) is 3.77. The Labute approximate surface area is 52.0 Å². The fourth-order valence-corrected chi connectivity index (χ4v) is 0.168. The van der Waals surface area contributed by atoms with E-state index in [0.717, 1.165) is 6.40 Å². The zero-order chi connectivity index (χ0) is 6.41. The molecule has 0 radical (unpaired) electrons. The van der Waals surface area contributed by atoms with Crippen LogP contribution in [0.25, 0.3) is 0 Å². The monoisotopic (exact) mass is 134 g/mol. The molecule has 46 valence electrons. The van der Waals surface area contributed by atoms with Crippen LogP contribution in [0.4, 0.5) is 0 Å². The Morgan fingerprint density at radius 3 is 3.00 bits per heavy atom. The van der Waals surface area contributed by atoms with Crippen LogP contribution in [0.5, 0.6) is 0 Å². The number of ether oxygens (including phenoxy) is 1. The lowest BCUT2D eigenvalue weighted by Crippen LogP contribution is -2.03. The van der Waals surface area contributed by atoms with Crippen LogP contribution in [0.2, 0.25) is 0 Å². The number of rotatable bonds is 2. The van der Waals surface area contributed by atoms with Crippen molar-refractivity contribution >= 4 is 23.8 Å². The van der Waals surface area contributed by atoms with Crippen molar-refractivity contribution in [2.24, 2.45) is 10.7 Å². The first-order valence-corrected chi connectivity index (χ1v) is 2.25. The van der Waals surface area contributed by atoms with E-state index in [9.17, 15) is 0 Å². The Morgan fingerprint density at radius 1 is 2.00 bits per heavy atom. The van der Waals surface area contributed by atoms with Gasteiger partial charge in [-0.25, -0.2) is 0 Å². The van der Waals surface area contributed by atoms with E-state index < -0.39 is 5.17 Å². The predicted molar refractivity (Wildman–Crippen MR) is 33.9 cm³/mol. The maximum absolute atomic E-state index is 8.19. The lowest BCUT2D eigenvalue weighted by molar-refractivity contribution is 0.332. The van der Waals surface area contributed by atoms with Crippen LogP contribution in [0.3, 0.4) is 0 Å². The standard InChI is InChI=1S/C3H6N2O2S/c4-1-7-2-5-3(6)8/h2H,1,4H2,(H,6,8). The Hall–Kier alpha value is -0.680. The predicted octanol–water partition coefficient (Wildman–Crippen LogP) is -0.210. The van der Waals surface area contributed by atoms with Crippen LogP contribution in [-0.4, -0.2) is 23.4 Å². The Morgan fingerprint density at radius 2 is 2.62 bits per heavy atom. The zero-order valence-corrected chi connectivity index (χ0v) is 4.89. The van der Waals surface area contributed by atoms with E-state index in [2.05, 4.69) is 21.9 Å². The highest BCUT2D eigenvalue weighted by atomic mass is 32.1. The molecule has 0 saturated heterocycles. The first kappa shape index (κ1) is 7.32. The van der Waals surface area contributed by atoms with Gasteiger partial charge in [0.1, 0.15) is 6.73 Å². The van der Waals surface area contributed by atoms with Gasteiger partial charge in [-0.15, -0.1) is 0 Å². The molecule has 0 aromatic rings. The fourth-order valence-electron chi connectivity index (χ4n) is 0.125. The number of nitrogens with zero attached hydrogens (tertiary/aromatic N) is 1. The van der Waals surface area contributed by atoms with Gasteiger partial charge >= 0.3 is 0 Å². The molecule has 3 N–H and O–H groups in total. The third-order valence-corrected chi connectivity index (χ3v) is 0.439. The van der Waals surface area contributed by atoms with Gasteiger partial charge in [-0.05, 0) is 12.2 Å². The SMILES string of the molecule is NCOC=NC(O)=S. The number of hydrogen-bond donors (Lipinski definition) is 2. The highest BCUT2D eigenvalue weighted by molar-refractivity contribution is 7.80. The Balaban J connectivity index is 3.20. The minimum Gasteiger partial charge on any atom is -0.485 e. The number of aliphatic hydroxyl groups excluding tert-OH is 1. The summed E-state index contributed by atoms with van der Waals surface area (Å²) in [5, 5.41) is 7.73. The molecule has 0 amide bonds. The number of nitrogens with two attached hydrogens (primary N) is 1. The molecule has 0 aromatic heterocycles. The molecule has 0 aliphatic carbocycles. The summed E-state index contributed by atoms with van der Waals surface area (Å²) >= 11 is 4.15. The second-order valence-corrected chi connectivity index (χ2v) is 1.22. The quantitative estimate of drug-likeness (QED) is 0.237. The molecule has 0 aliphatic rings. The molecule has 4 nitrogen and oxygen atoms in total. The summed E-state index contributed by atoms with van der Waals surface area (Å²) in [5.41, 5.74) is 4.88. The molecule has 0 aromatic carbocycles. The largest absolute Gasteiger partial charge is 0.485 e. The van der Waals surface area contributed by atoms with E-state index in [-0.39, 0.29) is 6.73 Å². The molecule has 0 atom stereocenters. The van der Waals surface area contributed by atoms with Crippen LogP contribution < -0.4 is 5.73 Å². The van der Waals surface area contributed by atoms with Crippen LogP contribution >= 0.6 is 12.2 Å². The number of thiocarbonyl (C=S) groups is 1. The lowest BCUT2D eigenvalue weighted by Gasteiger charge is -1.87. The Kier molecular flexibility index (Phi) is 4.10. The van der Waals surface area contributed by atoms with Crippen LogP contribution in [0, 0.1) is 0 Å². The van der Waals surface area contributed by atoms with Gasteiger partial charge in [0.05, 0.1) is 0 Å². The smallest absolute Gasteiger partial charge is 0.283 e. The molecule has 0 rings (SSSR count). The van der Waals surface area contributed by atoms with Crippen molar-refractivity contribution < 1.29 is 9.84 Å². The number of aliphatic imine (C=N–C) groups is 1. The minimum atomic E-state index is -0.460. The average molecular weight is 134 g/mol. The average Bonchev–Trinajstić information content (AvgIpc) is 1.66. The normalized spacial score (nSPS) is 9.62. The van der Waals surface area contributed by atoms with Crippen LogP contribution in [0.1, 0.15) is 0 Å². The van der Waals surface area contributed by atoms with E-state index in [0.29, 0.717) is 0 Å². The molecule has 5 heteroatoms. The van der Waals surface area contributed by atoms with E-state index in [1.54, 1.807) is 0 Å². The molecule has 0 heterocycles. The van der Waals surface area contributed by atoms with E-state index in [1.165, 1.54) is 0 Å². The third-order valence-electron chi connectivity index (χ3n) is 0.334. The van der Waals surface area contributed by atoms with E-state index in [1.807, 2.05) is 0 Å². The van der Waals surface area contributed by atoms with Gasteiger partial charge in [0.25, 0.3) is 5.17 Å². The highest BCUT2D eigenvalue weighted by Gasteiger charge is 1.76. The van der Waals surface area contributed by atoms with Crippen LogP contribution in [0.15, 0.2) is 4.99 Å². The topological polar surface area (TPSA) is 67.8 Å². The Bertz CT molecular complexity index is 103. The molecule has 0 saturated carbocycles. The van der Waals surface area contributed by atoms with Gasteiger partial charge in [0, 0.05) is 0 Å². The summed E-state index contributed by atoms with van der Waals surface area (Å²) in [6.45, 7) is 0.0338. The van der Waals surface area contributed by atoms with Crippen molar-refractivity contribution in [1.82, 2.24) is 0 Å². The second-order valence-electron chi connectivity index (χ2n) is 0.850. The number of aliphatic hydroxyl groups is 1. The van der Waals surface area contributed by atoms with Gasteiger partial charge in [-0.2, -0.15) is 4.99 Å². The zero-order valence-electron chi connectivity index (χ0n) is 4.07. The molecule has 8 heavy (non-hydrogen) atoms. The fraction of sp³-hybridized carbons (Fsp3) is 0.333. The molecular weight excluding hydrogens is 128 g/mol. The maximum Gasteiger partial charge on any atom is 0.283 e. The van der Waals surface area contributed by atoms with Gasteiger partial charge < -0.3 is 9.84 Å². The van der Waals surface area contributed by atoms with Crippen molar-refractivity contribution in [3.05, 3.63) is 0 Å². The molecular formula is C3H6N2O2S. The first-order valence-electron chi connectivity index (χ1n) is 1.84. The summed E-state index contributed by atoms with van der Waals surface area (Å²) in [5.74, 6) is 0. The summed E-state index contributed by atoms with van der Waals surface area (Å²) in [6, 6.07) is 0. The van der Waals surface area contributed by atoms with Crippen LogP contribution in [-0.2, 0) is 4.74 Å². The van der Waals surface area contributed by atoms with Crippen molar-refractivity contribution in [3.63, 3.8) is 0 Å². The number of hydrogen-bond acceptors (Lipinski definition) is 3. The molecule has 0 fully saturated rings. The van der Waals surface area contributed by atoms with Crippen molar-refractivity contribution in [2.75, 3.05) is 6.73 Å². The second kappa shape index (κ2) is 4.48. The van der Waals surface area contributed by atoms with Gasteiger partial charge in [0.15, 0.2) is 6.40 Å². The molecule has 0 aliphatic heterocycles. The summed E-state index contributed by atoms with van der Waals surface area (Å²) in [6.07, 6.45) is 0.988. The van der Waals surface area contributed by atoms with Crippen molar-refractivity contribution in [1.29, 1.82) is 0 Å². The molecule has 0 spiro atoms. The van der Waals surface area contributed by atoms with E-state index >= 15 is 0 Å². The van der Waals surface area contributed by atoms with Gasteiger partial charge in [-0.1, -0.05) is 0 Å². The van der Waals surface area contributed by atoms with E-state index in [4.69, 9.17) is 10.8 Å². The molecule has 0 bridgehead atoms. The summed E-state index contributed by atoms with van der Waals surface area (Å²) in [4.78, 5) is 3.17. The van der Waals surface area contributed by atoms with Gasteiger partial charge in [0.2, 0.25) is 0 Å². The third kappa shape index (κ3) is 5.32. The summed E-state index contributed by atoms with van der Waals surface area (Å²) in [7, 11) is 0.